The van der Waals surface area contributed by atoms with Crippen molar-refractivity contribution in [2.24, 2.45) is 0 Å². The first kappa shape index (κ1) is 12.4. The molecule has 0 bridgehead atoms. The SMILES string of the molecule is CCC(C)(CO)Nc1ccncc1C(=O)O. The number of aliphatic hydroxyl groups is 1. The summed E-state index contributed by atoms with van der Waals surface area (Å²) in [7, 11) is 0. The quantitative estimate of drug-likeness (QED) is 0.703. The van der Waals surface area contributed by atoms with Crippen molar-refractivity contribution in [2.45, 2.75) is 25.8 Å². The predicted molar refractivity (Wildman–Crippen MR) is 60.6 cm³/mol. The molecular weight excluding hydrogens is 208 g/mol. The zero-order valence-electron chi connectivity index (χ0n) is 9.40. The lowest BCUT2D eigenvalue weighted by Crippen LogP contribution is -2.38. The van der Waals surface area contributed by atoms with Crippen molar-refractivity contribution in [1.82, 2.24) is 4.98 Å². The van der Waals surface area contributed by atoms with Gasteiger partial charge in [0, 0.05) is 12.4 Å². The Balaban J connectivity index is 3.01. The second-order valence-electron chi connectivity index (χ2n) is 3.92. The van der Waals surface area contributed by atoms with Crippen LogP contribution in [0.3, 0.4) is 0 Å². The predicted octanol–water partition coefficient (Wildman–Crippen LogP) is 1.35. The number of aromatic carboxylic acids is 1. The van der Waals surface area contributed by atoms with Crippen molar-refractivity contribution < 1.29 is 15.0 Å². The number of aliphatic hydroxyl groups excluding tert-OH is 1. The fraction of sp³-hybridized carbons (Fsp3) is 0.455. The highest BCUT2D eigenvalue weighted by Crippen LogP contribution is 2.21. The zero-order chi connectivity index (χ0) is 12.2. The minimum atomic E-state index is -1.04. The van der Waals surface area contributed by atoms with Crippen LogP contribution in [0.4, 0.5) is 5.69 Å². The van der Waals surface area contributed by atoms with Gasteiger partial charge in [-0.2, -0.15) is 0 Å². The first-order valence-electron chi connectivity index (χ1n) is 5.09. The molecule has 88 valence electrons. The van der Waals surface area contributed by atoms with Crippen molar-refractivity contribution in [1.29, 1.82) is 0 Å². The van der Waals surface area contributed by atoms with E-state index in [1.54, 1.807) is 6.07 Å². The lowest BCUT2D eigenvalue weighted by molar-refractivity contribution is 0.0697. The molecule has 0 fully saturated rings. The maximum Gasteiger partial charge on any atom is 0.339 e. The Morgan fingerprint density at radius 3 is 2.81 bits per heavy atom. The molecule has 5 nitrogen and oxygen atoms in total. The Hall–Kier alpha value is -1.62. The third-order valence-corrected chi connectivity index (χ3v) is 2.62. The molecule has 0 amide bonds. The molecule has 5 heteroatoms. The summed E-state index contributed by atoms with van der Waals surface area (Å²) < 4.78 is 0. The van der Waals surface area contributed by atoms with E-state index in [-0.39, 0.29) is 12.2 Å². The smallest absolute Gasteiger partial charge is 0.339 e. The van der Waals surface area contributed by atoms with Gasteiger partial charge in [-0.3, -0.25) is 4.98 Å². The fourth-order valence-corrected chi connectivity index (χ4v) is 1.24. The highest BCUT2D eigenvalue weighted by Gasteiger charge is 2.22. The summed E-state index contributed by atoms with van der Waals surface area (Å²) in [6.45, 7) is 3.69. The fourth-order valence-electron chi connectivity index (χ4n) is 1.24. The summed E-state index contributed by atoms with van der Waals surface area (Å²) in [6, 6.07) is 1.59. The van der Waals surface area contributed by atoms with Gasteiger partial charge in [-0.05, 0) is 19.4 Å². The van der Waals surface area contributed by atoms with Gasteiger partial charge in [-0.15, -0.1) is 0 Å². The average Bonchev–Trinajstić information content (AvgIpc) is 2.29. The van der Waals surface area contributed by atoms with E-state index in [1.807, 2.05) is 13.8 Å². The van der Waals surface area contributed by atoms with Gasteiger partial charge in [-0.25, -0.2) is 4.79 Å². The molecule has 1 heterocycles. The maximum absolute atomic E-state index is 10.9. The van der Waals surface area contributed by atoms with Gasteiger partial charge in [-0.1, -0.05) is 6.92 Å². The number of nitrogens with one attached hydrogen (secondary N) is 1. The lowest BCUT2D eigenvalue weighted by atomic mass is 9.99. The van der Waals surface area contributed by atoms with Crippen molar-refractivity contribution in [3.63, 3.8) is 0 Å². The van der Waals surface area contributed by atoms with E-state index in [2.05, 4.69) is 10.3 Å². The Bertz CT molecular complexity index is 375. The van der Waals surface area contributed by atoms with Crippen LogP contribution in [0.5, 0.6) is 0 Å². The molecule has 0 aliphatic carbocycles. The molecule has 16 heavy (non-hydrogen) atoms. The molecule has 0 saturated heterocycles. The van der Waals surface area contributed by atoms with Gasteiger partial charge in [0.05, 0.1) is 17.8 Å². The Kier molecular flexibility index (Phi) is 3.84. The number of nitrogens with zero attached hydrogens (tertiary/aromatic N) is 1. The number of pyridine rings is 1. The van der Waals surface area contributed by atoms with Crippen LogP contribution in [0.2, 0.25) is 0 Å². The molecule has 0 aliphatic rings. The second-order valence-corrected chi connectivity index (χ2v) is 3.92. The van der Waals surface area contributed by atoms with Crippen molar-refractivity contribution in [2.75, 3.05) is 11.9 Å². The zero-order valence-corrected chi connectivity index (χ0v) is 9.40. The van der Waals surface area contributed by atoms with E-state index in [9.17, 15) is 9.90 Å². The van der Waals surface area contributed by atoms with E-state index in [1.165, 1.54) is 12.4 Å². The van der Waals surface area contributed by atoms with E-state index in [0.717, 1.165) is 0 Å². The lowest BCUT2D eigenvalue weighted by Gasteiger charge is -2.29. The third-order valence-electron chi connectivity index (χ3n) is 2.62. The highest BCUT2D eigenvalue weighted by atomic mass is 16.4. The number of carbonyl (C=O) groups is 1. The standard InChI is InChI=1S/C11H16N2O3/c1-3-11(2,7-14)13-9-4-5-12-6-8(9)10(15)16/h4-6,14H,3,7H2,1-2H3,(H,12,13)(H,15,16). The van der Waals surface area contributed by atoms with Gasteiger partial charge >= 0.3 is 5.97 Å². The number of aromatic nitrogens is 1. The topological polar surface area (TPSA) is 82.5 Å². The van der Waals surface area contributed by atoms with Crippen LogP contribution in [0.1, 0.15) is 30.6 Å². The Morgan fingerprint density at radius 2 is 2.31 bits per heavy atom. The summed E-state index contributed by atoms with van der Waals surface area (Å²) in [5.74, 6) is -1.04. The first-order valence-corrected chi connectivity index (χ1v) is 5.09. The van der Waals surface area contributed by atoms with Gasteiger partial charge in [0.1, 0.15) is 5.56 Å². The summed E-state index contributed by atoms with van der Waals surface area (Å²) in [5, 5.41) is 21.2. The van der Waals surface area contributed by atoms with E-state index >= 15 is 0 Å². The molecule has 0 spiro atoms. The molecule has 1 aromatic rings. The molecule has 1 aromatic heterocycles. The van der Waals surface area contributed by atoms with Crippen LogP contribution >= 0.6 is 0 Å². The van der Waals surface area contributed by atoms with Crippen molar-refractivity contribution in [3.8, 4) is 0 Å². The van der Waals surface area contributed by atoms with Crippen LogP contribution in [0.25, 0.3) is 0 Å². The molecule has 1 atom stereocenters. The number of rotatable bonds is 5. The molecule has 0 saturated carbocycles. The molecule has 1 unspecified atom stereocenters. The summed E-state index contributed by atoms with van der Waals surface area (Å²) in [6.07, 6.45) is 3.49. The van der Waals surface area contributed by atoms with Crippen LogP contribution in [-0.4, -0.2) is 33.3 Å². The van der Waals surface area contributed by atoms with Crippen LogP contribution in [0, 0.1) is 0 Å². The Morgan fingerprint density at radius 1 is 1.62 bits per heavy atom. The molecule has 3 N–H and O–H groups in total. The molecule has 0 radical (unpaired) electrons. The monoisotopic (exact) mass is 224 g/mol. The summed E-state index contributed by atoms with van der Waals surface area (Å²) in [5.41, 5.74) is 0.0578. The third kappa shape index (κ3) is 2.70. The second kappa shape index (κ2) is 4.94. The summed E-state index contributed by atoms with van der Waals surface area (Å²) in [4.78, 5) is 14.7. The number of anilines is 1. The normalized spacial score (nSPS) is 14.2. The average molecular weight is 224 g/mol. The van der Waals surface area contributed by atoms with Gasteiger partial charge in [0.25, 0.3) is 0 Å². The van der Waals surface area contributed by atoms with Crippen LogP contribution < -0.4 is 5.32 Å². The molecule has 0 aromatic carbocycles. The van der Waals surface area contributed by atoms with Gasteiger partial charge in [0.15, 0.2) is 0 Å². The van der Waals surface area contributed by atoms with Crippen LogP contribution in [-0.2, 0) is 0 Å². The minimum Gasteiger partial charge on any atom is -0.478 e. The van der Waals surface area contributed by atoms with Gasteiger partial charge in [0.2, 0.25) is 0 Å². The number of carboxylic acids is 1. The van der Waals surface area contributed by atoms with E-state index < -0.39 is 11.5 Å². The molecular formula is C11H16N2O3. The van der Waals surface area contributed by atoms with Crippen molar-refractivity contribution in [3.05, 3.63) is 24.0 Å². The number of hydrogen-bond acceptors (Lipinski definition) is 4. The van der Waals surface area contributed by atoms with Gasteiger partial charge < -0.3 is 15.5 Å². The Labute approximate surface area is 94.1 Å². The van der Waals surface area contributed by atoms with E-state index in [0.29, 0.717) is 12.1 Å². The maximum atomic E-state index is 10.9. The largest absolute Gasteiger partial charge is 0.478 e. The van der Waals surface area contributed by atoms with Crippen LogP contribution in [0.15, 0.2) is 18.5 Å². The minimum absolute atomic E-state index is 0.0646. The highest BCUT2D eigenvalue weighted by molar-refractivity contribution is 5.93. The number of carboxylic acid groups (broad SMARTS) is 1. The number of hydrogen-bond donors (Lipinski definition) is 3. The van der Waals surface area contributed by atoms with Crippen molar-refractivity contribution >= 4 is 11.7 Å². The molecule has 0 aliphatic heterocycles. The summed E-state index contributed by atoms with van der Waals surface area (Å²) >= 11 is 0. The molecule has 1 rings (SSSR count). The van der Waals surface area contributed by atoms with E-state index in [4.69, 9.17) is 5.11 Å². The first-order chi connectivity index (χ1) is 7.52.